The zero-order chi connectivity index (χ0) is 21.6. The lowest BCUT2D eigenvalue weighted by atomic mass is 9.66. The van der Waals surface area contributed by atoms with Crippen molar-refractivity contribution in [1.82, 2.24) is 15.5 Å². The minimum atomic E-state index is -0.560. The first-order chi connectivity index (χ1) is 13.5. The van der Waals surface area contributed by atoms with Gasteiger partial charge >= 0.3 is 0 Å². The molecule has 2 unspecified atom stereocenters. The number of fused-ring (bicyclic) bond motifs is 1. The van der Waals surface area contributed by atoms with Crippen LogP contribution in [0, 0.1) is 11.8 Å². The van der Waals surface area contributed by atoms with Gasteiger partial charge < -0.3 is 20.6 Å². The Morgan fingerprint density at radius 2 is 1.90 bits per heavy atom. The van der Waals surface area contributed by atoms with Gasteiger partial charge in [-0.05, 0) is 59.8 Å². The van der Waals surface area contributed by atoms with E-state index in [9.17, 15) is 14.4 Å². The predicted octanol–water partition coefficient (Wildman–Crippen LogP) is 1.29. The Bertz CT molecular complexity index is 694. The van der Waals surface area contributed by atoms with Crippen molar-refractivity contribution in [3.63, 3.8) is 0 Å². The fourth-order valence-corrected chi connectivity index (χ4v) is 7.89. The number of carbonyl (C=O) groups excluding carboxylic acids is 3. The van der Waals surface area contributed by atoms with Crippen LogP contribution in [0.25, 0.3) is 0 Å². The molecule has 5 atom stereocenters. The fraction of sp³-hybridized carbons (Fsp3) is 0.857. The molecule has 7 nitrogen and oxygen atoms in total. The van der Waals surface area contributed by atoms with Crippen LogP contribution in [0.4, 0.5) is 0 Å². The van der Waals surface area contributed by atoms with Gasteiger partial charge in [-0.3, -0.25) is 14.4 Å². The standard InChI is InChI=1S/C21H35N3O4S/c1-19(2,3)23-17(27)15-21-10-9-20(4,29-21)13(16(26)22-5)14(21)18(28)24(15)11-7-6-8-12-25/h13-15,25H,6-12H2,1-5H3,(H,22,26)(H,23,27)/t13-,14-,15?,20+,21?/m0/s1. The van der Waals surface area contributed by atoms with E-state index in [1.165, 1.54) is 0 Å². The summed E-state index contributed by atoms with van der Waals surface area (Å²) in [4.78, 5) is 41.5. The van der Waals surface area contributed by atoms with Gasteiger partial charge in [-0.25, -0.2) is 0 Å². The van der Waals surface area contributed by atoms with Gasteiger partial charge in [0.05, 0.1) is 16.6 Å². The SMILES string of the molecule is CNC(=O)[C@@H]1[C@H]2C(=O)N(CCCCCO)C(C(=O)NC(C)(C)C)C23CC[C@@]1(C)S3. The number of nitrogens with one attached hydrogen (secondary N) is 2. The number of hydrogen-bond acceptors (Lipinski definition) is 5. The number of thioether (sulfide) groups is 1. The minimum absolute atomic E-state index is 0.0624. The molecule has 164 valence electrons. The zero-order valence-corrected chi connectivity index (χ0v) is 19.0. The molecule has 2 bridgehead atoms. The molecular formula is C21H35N3O4S. The molecule has 0 aromatic rings. The highest BCUT2D eigenvalue weighted by Gasteiger charge is 2.76. The molecule has 3 N–H and O–H groups in total. The monoisotopic (exact) mass is 425 g/mol. The Kier molecular flexibility index (Phi) is 6.00. The summed E-state index contributed by atoms with van der Waals surface area (Å²) in [6.45, 7) is 8.50. The van der Waals surface area contributed by atoms with Crippen LogP contribution in [0.3, 0.4) is 0 Å². The van der Waals surface area contributed by atoms with Gasteiger partial charge in [-0.15, -0.1) is 11.8 Å². The van der Waals surface area contributed by atoms with Crippen molar-refractivity contribution in [2.24, 2.45) is 11.8 Å². The Labute approximate surface area is 177 Å². The smallest absolute Gasteiger partial charge is 0.244 e. The van der Waals surface area contributed by atoms with Gasteiger partial charge in [0.25, 0.3) is 0 Å². The van der Waals surface area contributed by atoms with Crippen LogP contribution < -0.4 is 10.6 Å². The average molecular weight is 426 g/mol. The molecule has 0 aliphatic carbocycles. The molecule has 3 saturated heterocycles. The maximum atomic E-state index is 13.6. The average Bonchev–Trinajstić information content (AvgIpc) is 3.18. The Hall–Kier alpha value is -1.28. The third-order valence-corrected chi connectivity index (χ3v) is 8.59. The molecule has 3 amide bonds. The van der Waals surface area contributed by atoms with Gasteiger partial charge in [0.15, 0.2) is 0 Å². The van der Waals surface area contributed by atoms with E-state index in [1.54, 1.807) is 23.7 Å². The van der Waals surface area contributed by atoms with Crippen molar-refractivity contribution in [2.75, 3.05) is 20.2 Å². The number of rotatable bonds is 7. The van der Waals surface area contributed by atoms with Gasteiger partial charge in [0, 0.05) is 30.5 Å². The highest BCUT2D eigenvalue weighted by Crippen LogP contribution is 2.71. The van der Waals surface area contributed by atoms with Crippen LogP contribution in [-0.4, -0.2) is 69.0 Å². The van der Waals surface area contributed by atoms with Gasteiger partial charge in [0.2, 0.25) is 17.7 Å². The van der Waals surface area contributed by atoms with Crippen molar-refractivity contribution in [3.05, 3.63) is 0 Å². The van der Waals surface area contributed by atoms with E-state index in [4.69, 9.17) is 5.11 Å². The quantitative estimate of drug-likeness (QED) is 0.534. The van der Waals surface area contributed by atoms with E-state index < -0.39 is 28.2 Å². The summed E-state index contributed by atoms with van der Waals surface area (Å²) in [5.74, 6) is -1.15. The molecule has 0 radical (unpaired) electrons. The van der Waals surface area contributed by atoms with Crippen molar-refractivity contribution >= 4 is 29.5 Å². The lowest BCUT2D eigenvalue weighted by Gasteiger charge is -2.36. The second-order valence-electron chi connectivity index (χ2n) is 9.90. The molecule has 3 aliphatic heterocycles. The minimum Gasteiger partial charge on any atom is -0.396 e. The van der Waals surface area contributed by atoms with Crippen LogP contribution >= 0.6 is 11.8 Å². The number of unbranched alkanes of at least 4 members (excludes halogenated alkanes) is 2. The first-order valence-corrected chi connectivity index (χ1v) is 11.5. The normalized spacial score (nSPS) is 35.7. The van der Waals surface area contributed by atoms with E-state index in [0.29, 0.717) is 13.0 Å². The number of amides is 3. The Morgan fingerprint density at radius 1 is 1.21 bits per heavy atom. The first-order valence-electron chi connectivity index (χ1n) is 10.7. The maximum absolute atomic E-state index is 13.6. The summed E-state index contributed by atoms with van der Waals surface area (Å²) in [5.41, 5.74) is -0.400. The van der Waals surface area contributed by atoms with Crippen LogP contribution in [0.15, 0.2) is 0 Å². The Morgan fingerprint density at radius 3 is 2.48 bits per heavy atom. The summed E-state index contributed by atoms with van der Waals surface area (Å²) >= 11 is 1.69. The van der Waals surface area contributed by atoms with E-state index in [0.717, 1.165) is 25.7 Å². The topological polar surface area (TPSA) is 98.7 Å². The van der Waals surface area contributed by atoms with Crippen molar-refractivity contribution in [1.29, 1.82) is 0 Å². The van der Waals surface area contributed by atoms with E-state index >= 15 is 0 Å². The zero-order valence-electron chi connectivity index (χ0n) is 18.2. The maximum Gasteiger partial charge on any atom is 0.244 e. The second kappa shape index (κ2) is 7.76. The second-order valence-corrected chi connectivity index (χ2v) is 11.8. The Balaban J connectivity index is 1.97. The lowest BCUT2D eigenvalue weighted by molar-refractivity contribution is -0.140. The highest BCUT2D eigenvalue weighted by atomic mass is 32.2. The predicted molar refractivity (Wildman–Crippen MR) is 113 cm³/mol. The van der Waals surface area contributed by atoms with E-state index in [2.05, 4.69) is 17.6 Å². The summed E-state index contributed by atoms with van der Waals surface area (Å²) in [5, 5.41) is 14.9. The number of hydrogen-bond donors (Lipinski definition) is 3. The third-order valence-electron chi connectivity index (χ3n) is 6.61. The summed E-state index contributed by atoms with van der Waals surface area (Å²) in [7, 11) is 1.62. The summed E-state index contributed by atoms with van der Waals surface area (Å²) in [6, 6.07) is -0.560. The lowest BCUT2D eigenvalue weighted by Crippen LogP contribution is -2.57. The van der Waals surface area contributed by atoms with Gasteiger partial charge in [-0.1, -0.05) is 0 Å². The number of aliphatic hydroxyl groups excluding tert-OH is 1. The van der Waals surface area contributed by atoms with Gasteiger partial charge in [0.1, 0.15) is 6.04 Å². The first kappa shape index (κ1) is 22.4. The molecule has 3 heterocycles. The van der Waals surface area contributed by atoms with E-state index in [1.807, 2.05) is 20.8 Å². The molecule has 0 aromatic heterocycles. The van der Waals surface area contributed by atoms with Crippen LogP contribution in [0.1, 0.15) is 59.8 Å². The molecule has 8 heteroatoms. The molecule has 29 heavy (non-hydrogen) atoms. The highest BCUT2D eigenvalue weighted by molar-refractivity contribution is 8.02. The fourth-order valence-electron chi connectivity index (χ4n) is 5.53. The molecule has 0 aromatic carbocycles. The number of carbonyl (C=O) groups is 3. The van der Waals surface area contributed by atoms with E-state index in [-0.39, 0.29) is 29.1 Å². The summed E-state index contributed by atoms with van der Waals surface area (Å²) < 4.78 is -0.862. The van der Waals surface area contributed by atoms with Crippen LogP contribution in [0.2, 0.25) is 0 Å². The van der Waals surface area contributed by atoms with Crippen molar-refractivity contribution in [3.8, 4) is 0 Å². The molecular weight excluding hydrogens is 390 g/mol. The van der Waals surface area contributed by atoms with Crippen LogP contribution in [-0.2, 0) is 14.4 Å². The summed E-state index contributed by atoms with van der Waals surface area (Å²) in [6.07, 6.45) is 3.82. The molecule has 3 rings (SSSR count). The van der Waals surface area contributed by atoms with Crippen LogP contribution in [0.5, 0.6) is 0 Å². The molecule has 0 saturated carbocycles. The van der Waals surface area contributed by atoms with Gasteiger partial charge in [-0.2, -0.15) is 0 Å². The molecule has 3 aliphatic rings. The van der Waals surface area contributed by atoms with Crippen molar-refractivity contribution < 1.29 is 19.5 Å². The third kappa shape index (κ3) is 3.67. The molecule has 3 fully saturated rings. The largest absolute Gasteiger partial charge is 0.396 e. The number of aliphatic hydroxyl groups is 1. The van der Waals surface area contributed by atoms with Crippen molar-refractivity contribution in [2.45, 2.75) is 80.9 Å². The molecule has 1 spiro atoms. The number of nitrogens with zero attached hydrogens (tertiary/aromatic N) is 1. The number of likely N-dealkylation sites (tertiary alicyclic amines) is 1.